The van der Waals surface area contributed by atoms with Crippen molar-refractivity contribution in [3.63, 3.8) is 0 Å². The van der Waals surface area contributed by atoms with Crippen LogP contribution in [0.15, 0.2) is 36.5 Å². The molecule has 2 saturated heterocycles. The molecule has 0 aliphatic carbocycles. The van der Waals surface area contributed by atoms with Gasteiger partial charge < -0.3 is 24.6 Å². The van der Waals surface area contributed by atoms with E-state index < -0.39 is 0 Å². The van der Waals surface area contributed by atoms with Crippen molar-refractivity contribution in [3.8, 4) is 23.1 Å². The molecule has 2 fully saturated rings. The summed E-state index contributed by atoms with van der Waals surface area (Å²) in [5.74, 6) is 1.38. The summed E-state index contributed by atoms with van der Waals surface area (Å²) >= 11 is 0. The van der Waals surface area contributed by atoms with Crippen LogP contribution in [0.2, 0.25) is 0 Å². The van der Waals surface area contributed by atoms with Crippen LogP contribution < -0.4 is 15.0 Å². The maximum Gasteiger partial charge on any atom is 0.251 e. The third-order valence-corrected chi connectivity index (χ3v) is 5.52. The van der Waals surface area contributed by atoms with Crippen molar-refractivity contribution in [2.75, 3.05) is 51.4 Å². The third-order valence-electron chi connectivity index (χ3n) is 5.52. The first-order valence-corrected chi connectivity index (χ1v) is 10.1. The molecule has 2 aromatic rings. The minimum Gasteiger partial charge on any atom is -0.496 e. The first kappa shape index (κ1) is 20.0. The lowest BCUT2D eigenvalue weighted by Gasteiger charge is -2.28. The van der Waals surface area contributed by atoms with Crippen LogP contribution in [-0.2, 0) is 4.74 Å². The molecule has 3 heterocycles. The minimum absolute atomic E-state index is 0.0147. The van der Waals surface area contributed by atoms with E-state index in [9.17, 15) is 4.79 Å². The zero-order chi connectivity index (χ0) is 20.9. The van der Waals surface area contributed by atoms with E-state index in [1.807, 2.05) is 18.2 Å². The zero-order valence-corrected chi connectivity index (χ0v) is 17.0. The van der Waals surface area contributed by atoms with Crippen molar-refractivity contribution in [3.05, 3.63) is 42.1 Å². The lowest BCUT2D eigenvalue weighted by Crippen LogP contribution is -2.36. The van der Waals surface area contributed by atoms with Crippen molar-refractivity contribution in [1.82, 2.24) is 15.2 Å². The largest absolute Gasteiger partial charge is 0.496 e. The molecule has 1 amide bonds. The Morgan fingerprint density at radius 3 is 2.83 bits per heavy atom. The summed E-state index contributed by atoms with van der Waals surface area (Å²) in [4.78, 5) is 21.0. The number of rotatable bonds is 5. The van der Waals surface area contributed by atoms with Gasteiger partial charge in [-0.15, -0.1) is 0 Å². The number of aromatic nitrogens is 1. The monoisotopic (exact) mass is 407 g/mol. The first-order chi connectivity index (χ1) is 14.7. The number of likely N-dealkylation sites (tertiary alicyclic amines) is 1. The summed E-state index contributed by atoms with van der Waals surface area (Å²) in [6, 6.07) is 9.44. The molecule has 8 heteroatoms. The van der Waals surface area contributed by atoms with Gasteiger partial charge in [-0.05, 0) is 42.3 Å². The van der Waals surface area contributed by atoms with Gasteiger partial charge in [-0.3, -0.25) is 4.79 Å². The lowest BCUT2D eigenvalue weighted by atomic mass is 10.0. The third kappa shape index (κ3) is 4.31. The van der Waals surface area contributed by atoms with Crippen molar-refractivity contribution >= 4 is 11.7 Å². The fraction of sp³-hybridized carbons (Fsp3) is 0.409. The normalized spacial score (nSPS) is 18.7. The van der Waals surface area contributed by atoms with E-state index in [2.05, 4.69) is 21.4 Å². The van der Waals surface area contributed by atoms with Gasteiger partial charge in [0.1, 0.15) is 11.6 Å². The van der Waals surface area contributed by atoms with E-state index in [0.717, 1.165) is 36.5 Å². The number of hydrogen-bond acceptors (Lipinski definition) is 7. The van der Waals surface area contributed by atoms with Crippen LogP contribution in [0, 0.1) is 11.5 Å². The van der Waals surface area contributed by atoms with Gasteiger partial charge in [0.05, 0.1) is 20.3 Å². The van der Waals surface area contributed by atoms with Crippen molar-refractivity contribution < 1.29 is 14.3 Å². The van der Waals surface area contributed by atoms with Crippen LogP contribution in [0.5, 0.6) is 5.75 Å². The molecule has 2 aliphatic heterocycles. The van der Waals surface area contributed by atoms with Gasteiger partial charge in [0.15, 0.2) is 6.19 Å². The average Bonchev–Trinajstić information content (AvgIpc) is 3.26. The Bertz CT molecular complexity index is 952. The standard InChI is InChI=1S/C22H25N5O3/c1-29-20-12-17(22(28)25-18-5-7-26(14-18)15-23)2-3-19(20)16-4-6-24-21(13-16)27-8-10-30-11-9-27/h2-4,6,12-13,18H,5,7-11,14H2,1H3,(H,25,28). The number of anilines is 1. The molecule has 1 N–H and O–H groups in total. The van der Waals surface area contributed by atoms with Crippen LogP contribution in [0.4, 0.5) is 5.82 Å². The van der Waals surface area contributed by atoms with Gasteiger partial charge in [-0.2, -0.15) is 5.26 Å². The van der Waals surface area contributed by atoms with E-state index in [1.165, 1.54) is 0 Å². The quantitative estimate of drug-likeness (QED) is 0.757. The molecular weight excluding hydrogens is 382 g/mol. The predicted octanol–water partition coefficient (Wildman–Crippen LogP) is 1.88. The van der Waals surface area contributed by atoms with Gasteiger partial charge >= 0.3 is 0 Å². The van der Waals surface area contributed by atoms with Crippen LogP contribution in [-0.4, -0.2) is 68.3 Å². The van der Waals surface area contributed by atoms with Gasteiger partial charge in [0.25, 0.3) is 5.91 Å². The van der Waals surface area contributed by atoms with Gasteiger partial charge in [0, 0.05) is 49.5 Å². The molecule has 1 unspecified atom stereocenters. The Kier molecular flexibility index (Phi) is 6.00. The maximum atomic E-state index is 12.7. The van der Waals surface area contributed by atoms with E-state index in [0.29, 0.717) is 37.6 Å². The molecule has 4 rings (SSSR count). The number of amides is 1. The van der Waals surface area contributed by atoms with E-state index in [1.54, 1.807) is 30.3 Å². The summed E-state index contributed by atoms with van der Waals surface area (Å²) < 4.78 is 11.0. The SMILES string of the molecule is COc1cc(C(=O)NC2CCN(C#N)C2)ccc1-c1ccnc(N2CCOCC2)c1. The van der Waals surface area contributed by atoms with Gasteiger partial charge in [-0.1, -0.05) is 0 Å². The topological polar surface area (TPSA) is 90.7 Å². The summed E-state index contributed by atoms with van der Waals surface area (Å²) in [5, 5.41) is 12.0. The number of morpholine rings is 1. The fourth-order valence-electron chi connectivity index (χ4n) is 3.86. The highest BCUT2D eigenvalue weighted by atomic mass is 16.5. The van der Waals surface area contributed by atoms with Gasteiger partial charge in [0.2, 0.25) is 0 Å². The van der Waals surface area contributed by atoms with Crippen LogP contribution >= 0.6 is 0 Å². The molecule has 156 valence electrons. The number of pyridine rings is 1. The molecule has 1 aromatic carbocycles. The summed E-state index contributed by atoms with van der Waals surface area (Å²) in [7, 11) is 1.60. The van der Waals surface area contributed by atoms with E-state index in [4.69, 9.17) is 14.7 Å². The molecule has 0 saturated carbocycles. The smallest absolute Gasteiger partial charge is 0.251 e. The molecule has 8 nitrogen and oxygen atoms in total. The lowest BCUT2D eigenvalue weighted by molar-refractivity contribution is 0.0938. The number of hydrogen-bond donors (Lipinski definition) is 1. The molecule has 1 atom stereocenters. The summed E-state index contributed by atoms with van der Waals surface area (Å²) in [6.45, 7) is 4.27. The second-order valence-corrected chi connectivity index (χ2v) is 7.42. The highest BCUT2D eigenvalue weighted by molar-refractivity contribution is 5.96. The Hall–Kier alpha value is -3.31. The Balaban J connectivity index is 1.52. The molecule has 30 heavy (non-hydrogen) atoms. The van der Waals surface area contributed by atoms with Crippen molar-refractivity contribution in [2.45, 2.75) is 12.5 Å². The minimum atomic E-state index is -0.159. The number of carbonyl (C=O) groups is 1. The second-order valence-electron chi connectivity index (χ2n) is 7.42. The number of nitriles is 1. The summed E-state index contributed by atoms with van der Waals surface area (Å²) in [5.41, 5.74) is 2.42. The predicted molar refractivity (Wildman–Crippen MR) is 112 cm³/mol. The number of carbonyl (C=O) groups excluding carboxylic acids is 1. The highest BCUT2D eigenvalue weighted by Crippen LogP contribution is 2.32. The average molecular weight is 407 g/mol. The Morgan fingerprint density at radius 1 is 1.27 bits per heavy atom. The fourth-order valence-corrected chi connectivity index (χ4v) is 3.86. The second kappa shape index (κ2) is 9.01. The van der Waals surface area contributed by atoms with E-state index >= 15 is 0 Å². The van der Waals surface area contributed by atoms with Crippen molar-refractivity contribution in [2.24, 2.45) is 0 Å². The van der Waals surface area contributed by atoms with Gasteiger partial charge in [-0.25, -0.2) is 4.98 Å². The Morgan fingerprint density at radius 2 is 2.10 bits per heavy atom. The van der Waals surface area contributed by atoms with Crippen molar-refractivity contribution in [1.29, 1.82) is 5.26 Å². The number of benzene rings is 1. The van der Waals surface area contributed by atoms with Crippen LogP contribution in [0.25, 0.3) is 11.1 Å². The molecule has 2 aliphatic rings. The molecule has 0 radical (unpaired) electrons. The molecule has 0 spiro atoms. The van der Waals surface area contributed by atoms with Crippen LogP contribution in [0.3, 0.4) is 0 Å². The summed E-state index contributed by atoms with van der Waals surface area (Å²) in [6.07, 6.45) is 4.69. The molecule has 1 aromatic heterocycles. The number of methoxy groups -OCH3 is 1. The molecular formula is C22H25N5O3. The van der Waals surface area contributed by atoms with E-state index in [-0.39, 0.29) is 11.9 Å². The number of nitrogens with zero attached hydrogens (tertiary/aromatic N) is 4. The zero-order valence-electron chi connectivity index (χ0n) is 17.0. The molecule has 0 bridgehead atoms. The number of ether oxygens (including phenoxy) is 2. The first-order valence-electron chi connectivity index (χ1n) is 10.1. The highest BCUT2D eigenvalue weighted by Gasteiger charge is 2.24. The maximum absolute atomic E-state index is 12.7. The number of nitrogens with one attached hydrogen (secondary N) is 1. The Labute approximate surface area is 176 Å². The van der Waals surface area contributed by atoms with Crippen LogP contribution in [0.1, 0.15) is 16.8 Å².